The molecule has 0 aliphatic rings. The smallest absolute Gasteiger partial charge is 0.343 e. The number of amides is 1. The van der Waals surface area contributed by atoms with Crippen molar-refractivity contribution in [3.05, 3.63) is 90.0 Å². The Hall–Kier alpha value is -4.18. The van der Waals surface area contributed by atoms with Crippen molar-refractivity contribution in [3.8, 4) is 5.75 Å². The average molecular weight is 482 g/mol. The molecule has 3 aromatic rings. The summed E-state index contributed by atoms with van der Waals surface area (Å²) in [4.78, 5) is 23.7. The van der Waals surface area contributed by atoms with Gasteiger partial charge in [0.2, 0.25) is 0 Å². The third-order valence-electron chi connectivity index (χ3n) is 4.72. The van der Waals surface area contributed by atoms with E-state index in [0.29, 0.717) is 22.6 Å². The van der Waals surface area contributed by atoms with Crippen molar-refractivity contribution in [2.24, 2.45) is 5.10 Å². The molecule has 0 aliphatic carbocycles. The highest BCUT2D eigenvalue weighted by Gasteiger charge is 2.21. The lowest BCUT2D eigenvalue weighted by molar-refractivity contribution is -0.142. The number of hydrogen-bond acceptors (Lipinski definition) is 7. The topological polar surface area (TPSA) is 114 Å². The Balaban J connectivity index is 1.61. The molecule has 0 spiro atoms. The van der Waals surface area contributed by atoms with Gasteiger partial charge in [0, 0.05) is 12.6 Å². The molecule has 0 aliphatic heterocycles. The molecule has 0 atom stereocenters. The summed E-state index contributed by atoms with van der Waals surface area (Å²) in [5, 5.41) is 3.93. The fourth-order valence-electron chi connectivity index (χ4n) is 2.83. The van der Waals surface area contributed by atoms with Crippen LogP contribution in [0.25, 0.3) is 0 Å². The Kier molecular flexibility index (Phi) is 7.99. The summed E-state index contributed by atoms with van der Waals surface area (Å²) < 4.78 is 36.5. The molecule has 3 rings (SSSR count). The minimum atomic E-state index is -3.71. The van der Waals surface area contributed by atoms with Gasteiger partial charge in [-0.05, 0) is 54.1 Å². The Morgan fingerprint density at radius 2 is 1.71 bits per heavy atom. The average Bonchev–Trinajstić information content (AvgIpc) is 2.87. The van der Waals surface area contributed by atoms with Crippen LogP contribution in [0.3, 0.4) is 0 Å². The van der Waals surface area contributed by atoms with Gasteiger partial charge in [-0.2, -0.15) is 5.10 Å². The molecule has 1 N–H and O–H groups in total. The van der Waals surface area contributed by atoms with Gasteiger partial charge < -0.3 is 9.47 Å². The SMILES string of the molecule is COC(=O)COc1cccc(/C=N\NC(=O)c2ccc(N(C)S(=O)(=O)c3ccccc3)cc2)c1. The first-order valence-electron chi connectivity index (χ1n) is 10.1. The Morgan fingerprint density at radius 3 is 2.38 bits per heavy atom. The quantitative estimate of drug-likeness (QED) is 0.286. The van der Waals surface area contributed by atoms with Gasteiger partial charge in [0.05, 0.1) is 23.9 Å². The highest BCUT2D eigenvalue weighted by molar-refractivity contribution is 7.92. The number of ether oxygens (including phenoxy) is 2. The van der Waals surface area contributed by atoms with Crippen LogP contribution in [0.1, 0.15) is 15.9 Å². The Labute approximate surface area is 197 Å². The second kappa shape index (κ2) is 11.1. The summed E-state index contributed by atoms with van der Waals surface area (Å²) in [5.41, 5.74) is 3.78. The van der Waals surface area contributed by atoms with Crippen LogP contribution in [0.15, 0.2) is 88.9 Å². The molecule has 10 heteroatoms. The van der Waals surface area contributed by atoms with Gasteiger partial charge in [-0.25, -0.2) is 18.6 Å². The maximum atomic E-state index is 12.7. The van der Waals surface area contributed by atoms with Crippen molar-refractivity contribution >= 4 is 33.8 Å². The van der Waals surface area contributed by atoms with Crippen LogP contribution in [0.5, 0.6) is 5.75 Å². The van der Waals surface area contributed by atoms with Gasteiger partial charge in [-0.3, -0.25) is 9.10 Å². The van der Waals surface area contributed by atoms with E-state index in [9.17, 15) is 18.0 Å². The van der Waals surface area contributed by atoms with Crippen LogP contribution in [0.2, 0.25) is 0 Å². The molecule has 0 saturated carbocycles. The fraction of sp³-hybridized carbons (Fsp3) is 0.125. The summed E-state index contributed by atoms with van der Waals surface area (Å²) in [6, 6.07) is 21.0. The molecule has 0 saturated heterocycles. The third-order valence-corrected chi connectivity index (χ3v) is 6.52. The molecule has 176 valence electrons. The highest BCUT2D eigenvalue weighted by atomic mass is 32.2. The van der Waals surface area contributed by atoms with Crippen molar-refractivity contribution in [2.45, 2.75) is 4.90 Å². The van der Waals surface area contributed by atoms with Crippen LogP contribution < -0.4 is 14.5 Å². The second-order valence-electron chi connectivity index (χ2n) is 6.97. The largest absolute Gasteiger partial charge is 0.482 e. The Bertz CT molecular complexity index is 1280. The van der Waals surface area contributed by atoms with E-state index >= 15 is 0 Å². The van der Waals surface area contributed by atoms with Crippen molar-refractivity contribution in [2.75, 3.05) is 25.1 Å². The molecule has 0 heterocycles. The number of rotatable bonds is 9. The number of hydrazone groups is 1. The molecule has 3 aromatic carbocycles. The van der Waals surface area contributed by atoms with Crippen LogP contribution in [-0.2, 0) is 19.6 Å². The molecule has 0 unspecified atom stereocenters. The number of sulfonamides is 1. The number of nitrogens with one attached hydrogen (secondary N) is 1. The number of carbonyl (C=O) groups excluding carboxylic acids is 2. The molecule has 0 bridgehead atoms. The first kappa shape index (κ1) is 24.5. The molecule has 0 radical (unpaired) electrons. The first-order chi connectivity index (χ1) is 16.3. The van der Waals surface area contributed by atoms with Gasteiger partial charge in [0.25, 0.3) is 15.9 Å². The van der Waals surface area contributed by atoms with E-state index < -0.39 is 21.9 Å². The predicted octanol–water partition coefficient (Wildman–Crippen LogP) is 2.83. The van der Waals surface area contributed by atoms with Crippen molar-refractivity contribution in [3.63, 3.8) is 0 Å². The zero-order chi connectivity index (χ0) is 24.6. The van der Waals surface area contributed by atoms with Crippen LogP contribution >= 0.6 is 0 Å². The lowest BCUT2D eigenvalue weighted by Crippen LogP contribution is -2.26. The number of carbonyl (C=O) groups is 2. The first-order valence-corrected chi connectivity index (χ1v) is 11.5. The van der Waals surface area contributed by atoms with Gasteiger partial charge in [-0.15, -0.1) is 0 Å². The zero-order valence-electron chi connectivity index (χ0n) is 18.5. The number of benzene rings is 3. The predicted molar refractivity (Wildman–Crippen MR) is 127 cm³/mol. The van der Waals surface area contributed by atoms with Crippen LogP contribution in [0, 0.1) is 0 Å². The number of methoxy groups -OCH3 is 1. The molecule has 1 amide bonds. The van der Waals surface area contributed by atoms with E-state index in [-0.39, 0.29) is 11.5 Å². The standard InChI is InChI=1S/C24H23N3O6S/c1-27(34(30,31)22-9-4-3-5-10-22)20-13-11-19(12-14-20)24(29)26-25-16-18-7-6-8-21(15-18)33-17-23(28)32-2/h3-16H,17H2,1-2H3,(H,26,29)/b25-16-. The van der Waals surface area contributed by atoms with Crippen molar-refractivity contribution < 1.29 is 27.5 Å². The minimum Gasteiger partial charge on any atom is -0.482 e. The molecule has 34 heavy (non-hydrogen) atoms. The summed E-state index contributed by atoms with van der Waals surface area (Å²) in [6.07, 6.45) is 1.43. The van der Waals surface area contributed by atoms with Gasteiger partial charge in [-0.1, -0.05) is 30.3 Å². The van der Waals surface area contributed by atoms with Gasteiger partial charge >= 0.3 is 5.97 Å². The fourth-order valence-corrected chi connectivity index (χ4v) is 4.04. The summed E-state index contributed by atoms with van der Waals surface area (Å²) >= 11 is 0. The van der Waals surface area contributed by atoms with E-state index in [4.69, 9.17) is 4.74 Å². The molecular formula is C24H23N3O6S. The van der Waals surface area contributed by atoms with Crippen molar-refractivity contribution in [1.82, 2.24) is 5.43 Å². The summed E-state index contributed by atoms with van der Waals surface area (Å²) in [6.45, 7) is -0.217. The molecule has 9 nitrogen and oxygen atoms in total. The molecular weight excluding hydrogens is 458 g/mol. The lowest BCUT2D eigenvalue weighted by atomic mass is 10.2. The van der Waals surface area contributed by atoms with E-state index in [1.165, 1.54) is 44.6 Å². The van der Waals surface area contributed by atoms with E-state index in [2.05, 4.69) is 15.3 Å². The van der Waals surface area contributed by atoms with E-state index in [0.717, 1.165) is 4.31 Å². The van der Waals surface area contributed by atoms with E-state index in [1.807, 2.05) is 0 Å². The summed E-state index contributed by atoms with van der Waals surface area (Å²) in [7, 11) is -0.988. The van der Waals surface area contributed by atoms with Gasteiger partial charge in [0.1, 0.15) is 5.75 Å². The number of hydrogen-bond donors (Lipinski definition) is 1. The molecule has 0 aromatic heterocycles. The van der Waals surface area contributed by atoms with Crippen LogP contribution in [0.4, 0.5) is 5.69 Å². The maximum Gasteiger partial charge on any atom is 0.343 e. The Morgan fingerprint density at radius 1 is 1.00 bits per heavy atom. The number of anilines is 1. The van der Waals surface area contributed by atoms with E-state index in [1.54, 1.807) is 54.6 Å². The van der Waals surface area contributed by atoms with Gasteiger partial charge in [0.15, 0.2) is 6.61 Å². The highest BCUT2D eigenvalue weighted by Crippen LogP contribution is 2.22. The summed E-state index contributed by atoms with van der Waals surface area (Å²) in [5.74, 6) is -0.512. The second-order valence-corrected chi connectivity index (χ2v) is 8.94. The minimum absolute atomic E-state index is 0.174. The number of nitrogens with zero attached hydrogens (tertiary/aromatic N) is 2. The van der Waals surface area contributed by atoms with Crippen LogP contribution in [-0.4, -0.2) is 47.3 Å². The maximum absolute atomic E-state index is 12.7. The molecule has 0 fully saturated rings. The monoisotopic (exact) mass is 481 g/mol. The zero-order valence-corrected chi connectivity index (χ0v) is 19.4. The third kappa shape index (κ3) is 6.20. The lowest BCUT2D eigenvalue weighted by Gasteiger charge is -2.19. The number of esters is 1. The normalized spacial score (nSPS) is 11.1. The van der Waals surface area contributed by atoms with Crippen molar-refractivity contribution in [1.29, 1.82) is 0 Å².